The van der Waals surface area contributed by atoms with E-state index < -0.39 is 54.7 Å². The number of furan rings is 1. The molecule has 4 rings (SSSR count). The zero-order valence-corrected chi connectivity index (χ0v) is 18.9. The molecule has 0 bridgehead atoms. The molecule has 190 valence electrons. The lowest BCUT2D eigenvalue weighted by molar-refractivity contribution is 0.0994. The van der Waals surface area contributed by atoms with Crippen molar-refractivity contribution < 1.29 is 40.3 Å². The van der Waals surface area contributed by atoms with Crippen LogP contribution in [-0.2, 0) is 6.54 Å². The molecular formula is C21H15F6N5O3S. The molecule has 2 amide bonds. The van der Waals surface area contributed by atoms with Crippen molar-refractivity contribution in [3.8, 4) is 0 Å². The zero-order chi connectivity index (χ0) is 26.3. The third-order valence-electron chi connectivity index (χ3n) is 5.03. The van der Waals surface area contributed by atoms with Crippen LogP contribution in [-0.4, -0.2) is 26.6 Å². The summed E-state index contributed by atoms with van der Waals surface area (Å²) >= 11 is 0.723. The molecule has 0 aliphatic heterocycles. The van der Waals surface area contributed by atoms with Crippen LogP contribution in [0.3, 0.4) is 0 Å². The molecule has 0 saturated heterocycles. The van der Waals surface area contributed by atoms with E-state index >= 15 is 0 Å². The topological polar surface area (TPSA) is 116 Å². The first-order valence-electron chi connectivity index (χ1n) is 10.0. The van der Waals surface area contributed by atoms with Crippen LogP contribution in [0.2, 0.25) is 0 Å². The number of aromatic nitrogens is 3. The van der Waals surface area contributed by atoms with Gasteiger partial charge in [0, 0.05) is 5.39 Å². The highest BCUT2D eigenvalue weighted by atomic mass is 32.1. The highest BCUT2D eigenvalue weighted by molar-refractivity contribution is 7.21. The standard InChI is InChI=1S/C21H15F6N5O3S/c1-7-4-9(16(22)23)29-21-13(7)14(15(36-21)19(28)33)30-20(34)12-3-2-8(35-12)6-32-11(18(26)27)5-10(31-32)17(24)25/h2-5,16-18H,6H2,1H3,(H2,28,33)(H,30,34). The van der Waals surface area contributed by atoms with Crippen LogP contribution in [0.5, 0.6) is 0 Å². The number of carbonyl (C=O) groups excluding carboxylic acids is 2. The third kappa shape index (κ3) is 4.78. The number of nitrogens with one attached hydrogen (secondary N) is 1. The number of fused-ring (bicyclic) bond motifs is 1. The number of nitrogens with two attached hydrogens (primary N) is 1. The number of nitrogens with zero attached hydrogens (tertiary/aromatic N) is 3. The molecule has 0 fully saturated rings. The number of anilines is 1. The summed E-state index contributed by atoms with van der Waals surface area (Å²) in [5, 5.41) is 6.14. The van der Waals surface area contributed by atoms with Crippen molar-refractivity contribution >= 4 is 39.1 Å². The number of thiophene rings is 1. The van der Waals surface area contributed by atoms with Gasteiger partial charge in [-0.25, -0.2) is 31.3 Å². The van der Waals surface area contributed by atoms with Gasteiger partial charge in [-0.2, -0.15) is 5.10 Å². The molecule has 0 radical (unpaired) electrons. The second-order valence-electron chi connectivity index (χ2n) is 7.49. The second kappa shape index (κ2) is 9.64. The number of halogens is 6. The highest BCUT2D eigenvalue weighted by Crippen LogP contribution is 2.38. The molecule has 0 unspecified atom stereocenters. The molecule has 0 aromatic carbocycles. The van der Waals surface area contributed by atoms with Gasteiger partial charge in [0.1, 0.15) is 32.5 Å². The number of primary amides is 1. The van der Waals surface area contributed by atoms with Gasteiger partial charge in [0.2, 0.25) is 0 Å². The smallest absolute Gasteiger partial charge is 0.291 e. The fourth-order valence-corrected chi connectivity index (χ4v) is 4.55. The maximum atomic E-state index is 13.2. The van der Waals surface area contributed by atoms with Crippen molar-refractivity contribution in [2.24, 2.45) is 5.73 Å². The van der Waals surface area contributed by atoms with Crippen LogP contribution in [0.25, 0.3) is 10.2 Å². The molecule has 0 spiro atoms. The number of hydrogen-bond acceptors (Lipinski definition) is 6. The first-order valence-corrected chi connectivity index (χ1v) is 10.8. The number of aryl methyl sites for hydroxylation is 1. The molecule has 3 N–H and O–H groups in total. The summed E-state index contributed by atoms with van der Waals surface area (Å²) in [7, 11) is 0. The normalized spacial score (nSPS) is 11.8. The van der Waals surface area contributed by atoms with E-state index in [-0.39, 0.29) is 32.3 Å². The van der Waals surface area contributed by atoms with Crippen molar-refractivity contribution in [3.63, 3.8) is 0 Å². The molecule has 0 aliphatic carbocycles. The first-order chi connectivity index (χ1) is 17.0. The molecule has 4 heterocycles. The number of hydrogen-bond donors (Lipinski definition) is 2. The van der Waals surface area contributed by atoms with Crippen molar-refractivity contribution in [2.75, 3.05) is 5.32 Å². The van der Waals surface area contributed by atoms with Gasteiger partial charge in [-0.15, -0.1) is 11.3 Å². The van der Waals surface area contributed by atoms with Gasteiger partial charge in [-0.1, -0.05) is 0 Å². The van der Waals surface area contributed by atoms with Crippen molar-refractivity contribution in [1.29, 1.82) is 0 Å². The Morgan fingerprint density at radius 2 is 1.78 bits per heavy atom. The average molecular weight is 531 g/mol. The summed E-state index contributed by atoms with van der Waals surface area (Å²) in [6.07, 6.45) is -9.00. The van der Waals surface area contributed by atoms with Crippen molar-refractivity contribution in [1.82, 2.24) is 14.8 Å². The lowest BCUT2D eigenvalue weighted by atomic mass is 10.1. The molecule has 15 heteroatoms. The molecular weight excluding hydrogens is 516 g/mol. The highest BCUT2D eigenvalue weighted by Gasteiger charge is 2.25. The number of pyridine rings is 1. The van der Waals surface area contributed by atoms with Gasteiger partial charge in [0.25, 0.3) is 31.1 Å². The van der Waals surface area contributed by atoms with Gasteiger partial charge in [-0.05, 0) is 36.8 Å². The molecule has 8 nitrogen and oxygen atoms in total. The first kappa shape index (κ1) is 25.2. The van der Waals surface area contributed by atoms with Gasteiger partial charge in [-0.3, -0.25) is 14.3 Å². The fraction of sp³-hybridized carbons (Fsp3) is 0.238. The summed E-state index contributed by atoms with van der Waals surface area (Å²) in [6.45, 7) is 1.03. The summed E-state index contributed by atoms with van der Waals surface area (Å²) in [5.74, 6) is -2.16. The Bertz CT molecular complexity index is 1460. The fourth-order valence-electron chi connectivity index (χ4n) is 3.48. The Labute approximate surface area is 201 Å². The molecule has 4 aromatic heterocycles. The van der Waals surface area contributed by atoms with Crippen molar-refractivity contribution in [2.45, 2.75) is 32.7 Å². The lowest BCUT2D eigenvalue weighted by Gasteiger charge is -2.07. The summed E-state index contributed by atoms with van der Waals surface area (Å²) in [4.78, 5) is 28.5. The zero-order valence-electron chi connectivity index (χ0n) is 18.1. The average Bonchev–Trinajstić information content (AvgIpc) is 3.51. The van der Waals surface area contributed by atoms with E-state index in [0.29, 0.717) is 16.3 Å². The van der Waals surface area contributed by atoms with E-state index in [1.165, 1.54) is 19.1 Å². The third-order valence-corrected chi connectivity index (χ3v) is 6.13. The Hall–Kier alpha value is -3.88. The molecule has 0 atom stereocenters. The Balaban J connectivity index is 1.63. The number of rotatable bonds is 8. The second-order valence-corrected chi connectivity index (χ2v) is 8.49. The van der Waals surface area contributed by atoms with Crippen LogP contribution in [0.15, 0.2) is 28.7 Å². The molecule has 0 aliphatic rings. The van der Waals surface area contributed by atoms with Gasteiger partial charge in [0.05, 0.1) is 12.2 Å². The summed E-state index contributed by atoms with van der Waals surface area (Å²) < 4.78 is 84.4. The van der Waals surface area contributed by atoms with E-state index in [0.717, 1.165) is 17.4 Å². The Morgan fingerprint density at radius 3 is 2.39 bits per heavy atom. The predicted octanol–water partition coefficient (Wildman–Crippen LogP) is 5.61. The van der Waals surface area contributed by atoms with Crippen LogP contribution in [0, 0.1) is 6.92 Å². The minimum atomic E-state index is -3.08. The van der Waals surface area contributed by atoms with Crippen molar-refractivity contribution in [3.05, 3.63) is 63.3 Å². The van der Waals surface area contributed by atoms with Crippen LogP contribution < -0.4 is 11.1 Å². The summed E-state index contributed by atoms with van der Waals surface area (Å²) in [6, 6.07) is 4.15. The predicted molar refractivity (Wildman–Crippen MR) is 116 cm³/mol. The maximum absolute atomic E-state index is 13.2. The van der Waals surface area contributed by atoms with Gasteiger partial charge >= 0.3 is 0 Å². The number of amides is 2. The summed E-state index contributed by atoms with van der Waals surface area (Å²) in [5.41, 5.74) is 3.54. The van der Waals surface area contributed by atoms with Crippen LogP contribution in [0.1, 0.15) is 67.9 Å². The van der Waals surface area contributed by atoms with E-state index in [9.17, 15) is 35.9 Å². The van der Waals surface area contributed by atoms with E-state index in [2.05, 4.69) is 15.4 Å². The SMILES string of the molecule is Cc1cc(C(F)F)nc2sc(C(N)=O)c(NC(=O)c3ccc(Cn4nc(C(F)F)cc4C(F)F)o3)c12. The Morgan fingerprint density at radius 1 is 1.08 bits per heavy atom. The largest absolute Gasteiger partial charge is 0.454 e. The molecule has 4 aromatic rings. The van der Waals surface area contributed by atoms with Crippen LogP contribution in [0.4, 0.5) is 32.0 Å². The van der Waals surface area contributed by atoms with E-state index in [1.54, 1.807) is 0 Å². The Kier molecular flexibility index (Phi) is 6.75. The number of alkyl halides is 6. The monoisotopic (exact) mass is 531 g/mol. The quantitative estimate of drug-likeness (QED) is 0.287. The van der Waals surface area contributed by atoms with Crippen LogP contribution >= 0.6 is 11.3 Å². The lowest BCUT2D eigenvalue weighted by Crippen LogP contribution is -2.16. The van der Waals surface area contributed by atoms with E-state index in [4.69, 9.17) is 10.2 Å². The minimum Gasteiger partial charge on any atom is -0.454 e. The minimum absolute atomic E-state index is 0.0457. The van der Waals surface area contributed by atoms with Gasteiger partial charge in [0.15, 0.2) is 5.76 Å². The van der Waals surface area contributed by atoms with Gasteiger partial charge < -0.3 is 15.5 Å². The number of carbonyl (C=O) groups is 2. The maximum Gasteiger partial charge on any atom is 0.291 e. The molecule has 0 saturated carbocycles. The van der Waals surface area contributed by atoms with E-state index in [1.807, 2.05) is 0 Å². The molecule has 36 heavy (non-hydrogen) atoms.